The van der Waals surface area contributed by atoms with Crippen LogP contribution >= 0.6 is 0 Å². The van der Waals surface area contributed by atoms with E-state index in [0.29, 0.717) is 6.42 Å². The zero-order valence-corrected chi connectivity index (χ0v) is 3.69. The van der Waals surface area contributed by atoms with Crippen molar-refractivity contribution >= 4 is 5.91 Å². The molecule has 0 aliphatic carbocycles. The molecule has 0 aromatic rings. The van der Waals surface area contributed by atoms with Crippen molar-refractivity contribution < 1.29 is 4.79 Å². The summed E-state index contributed by atoms with van der Waals surface area (Å²) in [7, 11) is 0. The first-order chi connectivity index (χ1) is 3.39. The Balaban J connectivity index is 2.47. The summed E-state index contributed by atoms with van der Waals surface area (Å²) in [5.74, 6) is -0.0150. The van der Waals surface area contributed by atoms with Crippen LogP contribution in [-0.4, -0.2) is 5.91 Å². The molecular weight excluding hydrogens is 92.1 g/mol. The molecule has 0 unspecified atom stereocenters. The van der Waals surface area contributed by atoms with E-state index >= 15 is 0 Å². The maximum atomic E-state index is 10.2. The highest BCUT2D eigenvalue weighted by Gasteiger charge is 1.97. The number of rotatable bonds is 0. The SMILES string of the molecule is O=C1CC=[C]NN1. The highest BCUT2D eigenvalue weighted by atomic mass is 16.2. The third-order valence-corrected chi connectivity index (χ3v) is 0.664. The molecule has 0 bridgehead atoms. The van der Waals surface area contributed by atoms with Crippen LogP contribution in [0.3, 0.4) is 0 Å². The normalized spacial score (nSPS) is 18.0. The van der Waals surface area contributed by atoms with Gasteiger partial charge in [-0.05, 0) is 6.08 Å². The van der Waals surface area contributed by atoms with Gasteiger partial charge in [0.25, 0.3) is 0 Å². The molecule has 2 N–H and O–H groups in total. The second-order valence-electron chi connectivity index (χ2n) is 1.23. The van der Waals surface area contributed by atoms with E-state index in [2.05, 4.69) is 17.1 Å². The van der Waals surface area contributed by atoms with E-state index in [-0.39, 0.29) is 5.91 Å². The molecule has 0 aromatic heterocycles. The number of nitrogens with one attached hydrogen (secondary N) is 2. The molecule has 1 rings (SSSR count). The first-order valence-electron chi connectivity index (χ1n) is 2.00. The number of carbonyl (C=O) groups is 1. The molecule has 0 saturated heterocycles. The second-order valence-corrected chi connectivity index (χ2v) is 1.23. The highest BCUT2D eigenvalue weighted by molar-refractivity contribution is 5.77. The van der Waals surface area contributed by atoms with Gasteiger partial charge in [0.05, 0.1) is 6.20 Å². The van der Waals surface area contributed by atoms with E-state index in [0.717, 1.165) is 0 Å². The average molecular weight is 97.1 g/mol. The fourth-order valence-electron chi connectivity index (χ4n) is 0.352. The van der Waals surface area contributed by atoms with E-state index in [1.165, 1.54) is 0 Å². The number of hydrogen-bond donors (Lipinski definition) is 2. The summed E-state index contributed by atoms with van der Waals surface area (Å²) >= 11 is 0. The van der Waals surface area contributed by atoms with Crippen molar-refractivity contribution in [3.8, 4) is 0 Å². The molecule has 1 aliphatic rings. The lowest BCUT2D eigenvalue weighted by atomic mass is 10.4. The van der Waals surface area contributed by atoms with Gasteiger partial charge in [0.2, 0.25) is 5.91 Å². The van der Waals surface area contributed by atoms with Gasteiger partial charge in [0.15, 0.2) is 0 Å². The fourth-order valence-corrected chi connectivity index (χ4v) is 0.352. The maximum Gasteiger partial charge on any atom is 0.242 e. The molecule has 0 fully saturated rings. The lowest BCUT2D eigenvalue weighted by molar-refractivity contribution is -0.121. The molecule has 0 atom stereocenters. The van der Waals surface area contributed by atoms with Crippen LogP contribution in [0.15, 0.2) is 6.08 Å². The van der Waals surface area contributed by atoms with E-state index < -0.39 is 0 Å². The minimum atomic E-state index is -0.0150. The van der Waals surface area contributed by atoms with E-state index in [1.54, 1.807) is 6.08 Å². The molecule has 3 heteroatoms. The van der Waals surface area contributed by atoms with Crippen molar-refractivity contribution in [2.45, 2.75) is 6.42 Å². The molecule has 0 aromatic carbocycles. The summed E-state index contributed by atoms with van der Waals surface area (Å²) in [5.41, 5.74) is 4.78. The highest BCUT2D eigenvalue weighted by Crippen LogP contribution is 1.82. The summed E-state index contributed by atoms with van der Waals surface area (Å²) in [6, 6.07) is 0. The molecule has 1 aliphatic heterocycles. The third-order valence-electron chi connectivity index (χ3n) is 0.664. The zero-order valence-electron chi connectivity index (χ0n) is 3.69. The van der Waals surface area contributed by atoms with Crippen molar-refractivity contribution in [1.29, 1.82) is 0 Å². The van der Waals surface area contributed by atoms with Crippen LogP contribution in [-0.2, 0) is 4.79 Å². The largest absolute Gasteiger partial charge is 0.297 e. The maximum absolute atomic E-state index is 10.2. The van der Waals surface area contributed by atoms with Gasteiger partial charge in [-0.2, -0.15) is 0 Å². The van der Waals surface area contributed by atoms with Gasteiger partial charge in [0, 0.05) is 6.42 Å². The summed E-state index contributed by atoms with van der Waals surface area (Å²) in [6.07, 6.45) is 4.68. The standard InChI is InChI=1S/C4H5N2O/c7-4-2-1-3-5-6-4/h1,5H,2H2,(H,6,7). The van der Waals surface area contributed by atoms with Gasteiger partial charge in [0.1, 0.15) is 0 Å². The van der Waals surface area contributed by atoms with Crippen LogP contribution in [0.25, 0.3) is 0 Å². The van der Waals surface area contributed by atoms with Crippen molar-refractivity contribution in [1.82, 2.24) is 10.9 Å². The summed E-state index contributed by atoms with van der Waals surface area (Å²) in [4.78, 5) is 10.2. The Kier molecular flexibility index (Phi) is 0.978. The van der Waals surface area contributed by atoms with Crippen LogP contribution in [0.1, 0.15) is 6.42 Å². The summed E-state index contributed by atoms with van der Waals surface area (Å²) < 4.78 is 0. The topological polar surface area (TPSA) is 41.1 Å². The summed E-state index contributed by atoms with van der Waals surface area (Å²) in [5, 5.41) is 0. The van der Waals surface area contributed by atoms with Gasteiger partial charge in [-0.1, -0.05) is 0 Å². The van der Waals surface area contributed by atoms with E-state index in [1.807, 2.05) is 0 Å². The predicted molar refractivity (Wildman–Crippen MR) is 23.7 cm³/mol. The fraction of sp³-hybridized carbons (Fsp3) is 0.250. The first kappa shape index (κ1) is 4.18. The van der Waals surface area contributed by atoms with Gasteiger partial charge in [-0.25, -0.2) is 0 Å². The van der Waals surface area contributed by atoms with Gasteiger partial charge < -0.3 is 0 Å². The summed E-state index contributed by atoms with van der Waals surface area (Å²) in [6.45, 7) is 0. The van der Waals surface area contributed by atoms with E-state index in [4.69, 9.17) is 0 Å². The molecule has 7 heavy (non-hydrogen) atoms. The van der Waals surface area contributed by atoms with Gasteiger partial charge in [-0.3, -0.25) is 15.6 Å². The Morgan fingerprint density at radius 3 is 3.00 bits per heavy atom. The lowest BCUT2D eigenvalue weighted by Gasteiger charge is -2.04. The minimum absolute atomic E-state index is 0.0150. The Hall–Kier alpha value is -0.990. The smallest absolute Gasteiger partial charge is 0.242 e. The lowest BCUT2D eigenvalue weighted by Crippen LogP contribution is -2.36. The van der Waals surface area contributed by atoms with Gasteiger partial charge in [-0.15, -0.1) is 0 Å². The quantitative estimate of drug-likeness (QED) is 0.421. The second kappa shape index (κ2) is 1.64. The Bertz CT molecular complexity index is 108. The molecule has 1 heterocycles. The van der Waals surface area contributed by atoms with Crippen LogP contribution in [0.4, 0.5) is 0 Å². The number of carbonyl (C=O) groups excluding carboxylic acids is 1. The molecular formula is C4H5N2O. The van der Waals surface area contributed by atoms with Crippen LogP contribution in [0, 0.1) is 6.20 Å². The average Bonchev–Trinajstić information content (AvgIpc) is 1.69. The number of hydrazine groups is 1. The molecule has 0 saturated carbocycles. The Labute approximate surface area is 41.4 Å². The molecule has 37 valence electrons. The minimum Gasteiger partial charge on any atom is -0.297 e. The Morgan fingerprint density at radius 2 is 2.71 bits per heavy atom. The Morgan fingerprint density at radius 1 is 1.86 bits per heavy atom. The molecule has 1 radical (unpaired) electrons. The monoisotopic (exact) mass is 97.0 g/mol. The zero-order chi connectivity index (χ0) is 5.11. The molecule has 3 nitrogen and oxygen atoms in total. The van der Waals surface area contributed by atoms with Crippen molar-refractivity contribution in [2.75, 3.05) is 0 Å². The van der Waals surface area contributed by atoms with Crippen LogP contribution < -0.4 is 10.9 Å². The number of hydrogen-bond acceptors (Lipinski definition) is 2. The third kappa shape index (κ3) is 0.924. The van der Waals surface area contributed by atoms with Crippen molar-refractivity contribution in [2.24, 2.45) is 0 Å². The number of amides is 1. The predicted octanol–water partition coefficient (Wildman–Crippen LogP) is -0.672. The molecule has 0 spiro atoms. The van der Waals surface area contributed by atoms with Crippen LogP contribution in [0.2, 0.25) is 0 Å². The van der Waals surface area contributed by atoms with E-state index in [9.17, 15) is 4.79 Å². The van der Waals surface area contributed by atoms with Gasteiger partial charge >= 0.3 is 0 Å². The van der Waals surface area contributed by atoms with Crippen molar-refractivity contribution in [3.05, 3.63) is 12.3 Å². The van der Waals surface area contributed by atoms with Crippen molar-refractivity contribution in [3.63, 3.8) is 0 Å². The van der Waals surface area contributed by atoms with Crippen LogP contribution in [0.5, 0.6) is 0 Å². The first-order valence-corrected chi connectivity index (χ1v) is 2.00. The molecule has 1 amide bonds.